The highest BCUT2D eigenvalue weighted by molar-refractivity contribution is 6.03. The van der Waals surface area contributed by atoms with Crippen molar-refractivity contribution in [3.63, 3.8) is 0 Å². The van der Waals surface area contributed by atoms with E-state index in [9.17, 15) is 9.59 Å². The molecule has 0 spiro atoms. The van der Waals surface area contributed by atoms with E-state index in [-0.39, 0.29) is 18.0 Å². The highest BCUT2D eigenvalue weighted by Crippen LogP contribution is 2.39. The molecule has 3 heterocycles. The van der Waals surface area contributed by atoms with Crippen molar-refractivity contribution in [2.45, 2.75) is 25.4 Å². The van der Waals surface area contributed by atoms with Crippen LogP contribution in [0.4, 0.5) is 33.6 Å². The van der Waals surface area contributed by atoms with Crippen LogP contribution in [0.1, 0.15) is 18.4 Å². The molecule has 2 aromatic heterocycles. The molecule has 2 aliphatic rings. The Labute approximate surface area is 184 Å². The fourth-order valence-electron chi connectivity index (χ4n) is 3.67. The predicted molar refractivity (Wildman–Crippen MR) is 120 cm³/mol. The van der Waals surface area contributed by atoms with E-state index in [1.807, 2.05) is 24.2 Å². The summed E-state index contributed by atoms with van der Waals surface area (Å²) in [7, 11) is 1.82. The Morgan fingerprint density at radius 2 is 2.09 bits per heavy atom. The van der Waals surface area contributed by atoms with Gasteiger partial charge in [-0.25, -0.2) is 14.7 Å². The molecule has 0 bridgehead atoms. The maximum Gasteiger partial charge on any atom is 0.330 e. The molecule has 5 rings (SSSR count). The van der Waals surface area contributed by atoms with Crippen molar-refractivity contribution in [1.29, 1.82) is 0 Å². The van der Waals surface area contributed by atoms with Crippen LogP contribution in [-0.2, 0) is 18.4 Å². The second-order valence-electron chi connectivity index (χ2n) is 7.79. The highest BCUT2D eigenvalue weighted by Gasteiger charge is 2.41. The molecule has 3 amide bonds. The summed E-state index contributed by atoms with van der Waals surface area (Å²) < 4.78 is 1.67. The number of carbonyl (C=O) groups is 2. The van der Waals surface area contributed by atoms with E-state index in [1.165, 1.54) is 6.08 Å². The summed E-state index contributed by atoms with van der Waals surface area (Å²) in [4.78, 5) is 37.8. The number of amides is 3. The van der Waals surface area contributed by atoms with Gasteiger partial charge in [0.25, 0.3) is 0 Å². The van der Waals surface area contributed by atoms with Crippen LogP contribution in [-0.4, -0.2) is 42.6 Å². The first kappa shape index (κ1) is 19.7. The number of nitrogens with one attached hydrogen (secondary N) is 2. The molecule has 1 aliphatic heterocycles. The van der Waals surface area contributed by atoms with Crippen LogP contribution in [0.15, 0.2) is 55.5 Å². The van der Waals surface area contributed by atoms with E-state index >= 15 is 0 Å². The molecule has 1 aromatic carbocycles. The predicted octanol–water partition coefficient (Wildman–Crippen LogP) is 3.31. The second-order valence-corrected chi connectivity index (χ2v) is 7.79. The number of nitrogens with zero attached hydrogens (tertiary/aromatic N) is 6. The van der Waals surface area contributed by atoms with Crippen LogP contribution >= 0.6 is 0 Å². The summed E-state index contributed by atoms with van der Waals surface area (Å²) >= 11 is 0. The number of hydrogen-bond acceptors (Lipinski definition) is 6. The van der Waals surface area contributed by atoms with Gasteiger partial charge in [0.15, 0.2) is 5.82 Å². The van der Waals surface area contributed by atoms with Gasteiger partial charge in [0.1, 0.15) is 0 Å². The Morgan fingerprint density at radius 1 is 1.25 bits per heavy atom. The lowest BCUT2D eigenvalue weighted by molar-refractivity contribution is -0.111. The van der Waals surface area contributed by atoms with E-state index in [2.05, 4.69) is 32.3 Å². The number of rotatable bonds is 6. The summed E-state index contributed by atoms with van der Waals surface area (Å²) in [5.74, 6) is 0.559. The molecule has 3 aromatic rings. The van der Waals surface area contributed by atoms with Gasteiger partial charge in [-0.1, -0.05) is 12.6 Å². The smallest absolute Gasteiger partial charge is 0.322 e. The standard InChI is InChI=1S/C22H22N8O2/c1-3-19(31)25-15-5-4-6-18(9-15)30-20-14(12-29(22(30)32)17-7-8-17)10-23-21(27-20)26-16-11-24-28(2)13-16/h3-6,9-11,13,17H,1,7-8,12H2,2H3,(H,25,31)(H,23,26,27). The highest BCUT2D eigenvalue weighted by atomic mass is 16.2. The van der Waals surface area contributed by atoms with Crippen LogP contribution in [0.2, 0.25) is 0 Å². The first-order valence-electron chi connectivity index (χ1n) is 10.3. The van der Waals surface area contributed by atoms with E-state index in [1.54, 1.807) is 40.2 Å². The van der Waals surface area contributed by atoms with Crippen LogP contribution in [0.25, 0.3) is 0 Å². The maximum absolute atomic E-state index is 13.5. The number of carbonyl (C=O) groups excluding carboxylic acids is 2. The number of anilines is 5. The number of hydrogen-bond donors (Lipinski definition) is 2. The number of urea groups is 1. The molecule has 0 radical (unpaired) electrons. The first-order valence-corrected chi connectivity index (χ1v) is 10.3. The van der Waals surface area contributed by atoms with Crippen molar-refractivity contribution in [3.05, 3.63) is 61.1 Å². The minimum Gasteiger partial charge on any atom is -0.322 e. The van der Waals surface area contributed by atoms with Crippen molar-refractivity contribution in [2.24, 2.45) is 7.05 Å². The zero-order chi connectivity index (χ0) is 22.2. The quantitative estimate of drug-likeness (QED) is 0.581. The van der Waals surface area contributed by atoms with Crippen LogP contribution < -0.4 is 15.5 Å². The molecule has 2 N–H and O–H groups in total. The van der Waals surface area contributed by atoms with E-state index in [4.69, 9.17) is 0 Å². The van der Waals surface area contributed by atoms with Gasteiger partial charge in [0.2, 0.25) is 11.9 Å². The van der Waals surface area contributed by atoms with Gasteiger partial charge in [-0.05, 0) is 37.1 Å². The van der Waals surface area contributed by atoms with Crippen molar-refractivity contribution >= 4 is 40.8 Å². The molecule has 32 heavy (non-hydrogen) atoms. The van der Waals surface area contributed by atoms with Crippen LogP contribution in [0.3, 0.4) is 0 Å². The van der Waals surface area contributed by atoms with Crippen LogP contribution in [0.5, 0.6) is 0 Å². The van der Waals surface area contributed by atoms with E-state index in [0.717, 1.165) is 24.1 Å². The number of benzene rings is 1. The number of fused-ring (bicyclic) bond motifs is 1. The average Bonchev–Trinajstić information content (AvgIpc) is 3.55. The van der Waals surface area contributed by atoms with E-state index < -0.39 is 0 Å². The Bertz CT molecular complexity index is 1220. The lowest BCUT2D eigenvalue weighted by Gasteiger charge is -2.36. The molecule has 10 heteroatoms. The Balaban J connectivity index is 1.54. The topological polar surface area (TPSA) is 108 Å². The number of aromatic nitrogens is 4. The Kier molecular flexibility index (Phi) is 4.81. The fraction of sp³-hybridized carbons (Fsp3) is 0.227. The van der Waals surface area contributed by atoms with Gasteiger partial charge in [-0.15, -0.1) is 0 Å². The average molecular weight is 430 g/mol. The normalized spacial score (nSPS) is 15.3. The third-order valence-corrected chi connectivity index (χ3v) is 5.34. The largest absolute Gasteiger partial charge is 0.330 e. The van der Waals surface area contributed by atoms with Gasteiger partial charge in [0.05, 0.1) is 24.1 Å². The molecule has 1 aliphatic carbocycles. The SMILES string of the molecule is C=CC(=O)Nc1cccc(N2C(=O)N(C3CC3)Cc3cnc(Nc4cnn(C)c4)nc32)c1. The Hall–Kier alpha value is -4.21. The molecule has 1 fully saturated rings. The van der Waals surface area contributed by atoms with Gasteiger partial charge in [-0.3, -0.25) is 9.48 Å². The second kappa shape index (κ2) is 7.80. The Morgan fingerprint density at radius 3 is 2.81 bits per heavy atom. The lowest BCUT2D eigenvalue weighted by atomic mass is 10.1. The van der Waals surface area contributed by atoms with Crippen molar-refractivity contribution < 1.29 is 9.59 Å². The molecule has 1 saturated carbocycles. The molecule has 0 saturated heterocycles. The molecule has 0 atom stereocenters. The van der Waals surface area contributed by atoms with Gasteiger partial charge < -0.3 is 15.5 Å². The molecular formula is C22H22N8O2. The third-order valence-electron chi connectivity index (χ3n) is 5.34. The van der Waals surface area contributed by atoms with Gasteiger partial charge in [0, 0.05) is 36.7 Å². The maximum atomic E-state index is 13.5. The summed E-state index contributed by atoms with van der Waals surface area (Å²) in [5.41, 5.74) is 2.77. The first-order chi connectivity index (χ1) is 15.5. The minimum atomic E-state index is -0.322. The zero-order valence-electron chi connectivity index (χ0n) is 17.5. The molecule has 162 valence electrons. The summed E-state index contributed by atoms with van der Waals surface area (Å²) in [6, 6.07) is 7.20. The molecule has 10 nitrogen and oxygen atoms in total. The van der Waals surface area contributed by atoms with Gasteiger partial charge in [-0.2, -0.15) is 10.1 Å². The number of aryl methyl sites for hydroxylation is 1. The summed E-state index contributed by atoms with van der Waals surface area (Å²) in [6.07, 6.45) is 8.42. The van der Waals surface area contributed by atoms with Crippen molar-refractivity contribution in [1.82, 2.24) is 24.6 Å². The monoisotopic (exact) mass is 430 g/mol. The lowest BCUT2D eigenvalue weighted by Crippen LogP contribution is -2.46. The zero-order valence-corrected chi connectivity index (χ0v) is 17.5. The molecular weight excluding hydrogens is 408 g/mol. The fourth-order valence-corrected chi connectivity index (χ4v) is 3.67. The molecule has 0 unspecified atom stereocenters. The van der Waals surface area contributed by atoms with Crippen molar-refractivity contribution in [2.75, 3.05) is 15.5 Å². The van der Waals surface area contributed by atoms with Crippen LogP contribution in [0, 0.1) is 0 Å². The third kappa shape index (κ3) is 3.78. The summed E-state index contributed by atoms with van der Waals surface area (Å²) in [6.45, 7) is 3.95. The minimum absolute atomic E-state index is 0.141. The summed E-state index contributed by atoms with van der Waals surface area (Å²) in [5, 5.41) is 10.0. The van der Waals surface area contributed by atoms with Gasteiger partial charge >= 0.3 is 6.03 Å². The van der Waals surface area contributed by atoms with Crippen molar-refractivity contribution in [3.8, 4) is 0 Å². The van der Waals surface area contributed by atoms with E-state index in [0.29, 0.717) is 29.7 Å².